The second-order valence-electron chi connectivity index (χ2n) is 3.01. The highest BCUT2D eigenvalue weighted by Crippen LogP contribution is 2.23. The Balaban J connectivity index is 2.63. The molecule has 0 N–H and O–H groups in total. The van der Waals surface area contributed by atoms with Gasteiger partial charge in [0.25, 0.3) is 0 Å². The first-order valence-electron chi connectivity index (χ1n) is 4.36. The van der Waals surface area contributed by atoms with E-state index >= 15 is 0 Å². The van der Waals surface area contributed by atoms with Crippen LogP contribution in [0.15, 0.2) is 18.2 Å². The van der Waals surface area contributed by atoms with Crippen LogP contribution in [0.3, 0.4) is 0 Å². The monoisotopic (exact) mass is 252 g/mol. The number of alkyl halides is 3. The first kappa shape index (κ1) is 12.8. The van der Waals surface area contributed by atoms with Crippen LogP contribution in [0.2, 0.25) is 5.02 Å². The average molecular weight is 253 g/mol. The molecule has 0 radical (unpaired) electrons. The van der Waals surface area contributed by atoms with Crippen LogP contribution < -0.4 is 4.74 Å². The number of ether oxygens (including phenoxy) is 1. The van der Waals surface area contributed by atoms with Crippen molar-refractivity contribution in [3.63, 3.8) is 0 Å². The van der Waals surface area contributed by atoms with Crippen molar-refractivity contribution in [2.24, 2.45) is 0 Å². The molecule has 88 valence electrons. The molecule has 0 aromatic heterocycles. The molecule has 0 spiro atoms. The number of aldehydes is 1. The maximum atomic E-state index is 11.8. The number of carbonyl (C=O) groups is 1. The molecule has 16 heavy (non-hydrogen) atoms. The minimum absolute atomic E-state index is 0.101. The van der Waals surface area contributed by atoms with Gasteiger partial charge in [0, 0.05) is 5.02 Å². The molecule has 2 nitrogen and oxygen atoms in total. The standard InChI is InChI=1S/C10H8ClF3O2/c11-8-1-2-9(7(5-8)6-15)16-4-3-10(12,13)14/h1-2,5-6H,3-4H2. The van der Waals surface area contributed by atoms with Gasteiger partial charge in [0.2, 0.25) is 0 Å². The number of carbonyl (C=O) groups excluding carboxylic acids is 1. The average Bonchev–Trinajstić information content (AvgIpc) is 2.18. The SMILES string of the molecule is O=Cc1cc(Cl)ccc1OCCC(F)(F)F. The zero-order chi connectivity index (χ0) is 12.2. The molecule has 0 atom stereocenters. The molecular weight excluding hydrogens is 245 g/mol. The van der Waals surface area contributed by atoms with E-state index in [0.717, 1.165) is 0 Å². The van der Waals surface area contributed by atoms with Gasteiger partial charge in [-0.3, -0.25) is 4.79 Å². The number of hydrogen-bond donors (Lipinski definition) is 0. The minimum Gasteiger partial charge on any atom is -0.492 e. The normalized spacial score (nSPS) is 11.2. The third kappa shape index (κ3) is 4.10. The quantitative estimate of drug-likeness (QED) is 0.767. The maximum absolute atomic E-state index is 11.8. The van der Waals surface area contributed by atoms with Crippen LogP contribution in [0.4, 0.5) is 13.2 Å². The third-order valence-corrected chi connectivity index (χ3v) is 1.98. The van der Waals surface area contributed by atoms with E-state index in [0.29, 0.717) is 11.3 Å². The smallest absolute Gasteiger partial charge is 0.392 e. The Labute approximate surface area is 95.0 Å². The Morgan fingerprint density at radius 2 is 2.06 bits per heavy atom. The second kappa shape index (κ2) is 5.21. The van der Waals surface area contributed by atoms with Gasteiger partial charge in [-0.2, -0.15) is 13.2 Å². The van der Waals surface area contributed by atoms with Crippen LogP contribution in [-0.2, 0) is 0 Å². The second-order valence-corrected chi connectivity index (χ2v) is 3.45. The summed E-state index contributed by atoms with van der Waals surface area (Å²) in [7, 11) is 0. The lowest BCUT2D eigenvalue weighted by molar-refractivity contribution is -0.139. The lowest BCUT2D eigenvalue weighted by atomic mass is 10.2. The topological polar surface area (TPSA) is 26.3 Å². The summed E-state index contributed by atoms with van der Waals surface area (Å²) in [6, 6.07) is 4.14. The number of rotatable bonds is 4. The molecular formula is C10H8ClF3O2. The summed E-state index contributed by atoms with van der Waals surface area (Å²) in [6.45, 7) is -0.522. The fraction of sp³-hybridized carbons (Fsp3) is 0.300. The molecule has 0 aliphatic carbocycles. The first-order valence-corrected chi connectivity index (χ1v) is 4.74. The minimum atomic E-state index is -4.27. The van der Waals surface area contributed by atoms with E-state index in [1.807, 2.05) is 0 Å². The Morgan fingerprint density at radius 1 is 1.38 bits per heavy atom. The van der Waals surface area contributed by atoms with Crippen LogP contribution in [0.1, 0.15) is 16.8 Å². The van der Waals surface area contributed by atoms with Crippen molar-refractivity contribution in [1.29, 1.82) is 0 Å². The van der Waals surface area contributed by atoms with Gasteiger partial charge in [-0.25, -0.2) is 0 Å². The van der Waals surface area contributed by atoms with E-state index in [4.69, 9.17) is 16.3 Å². The summed E-state index contributed by atoms with van der Waals surface area (Å²) < 4.78 is 40.4. The lowest BCUT2D eigenvalue weighted by Gasteiger charge is -2.10. The predicted molar refractivity (Wildman–Crippen MR) is 53.0 cm³/mol. The fourth-order valence-electron chi connectivity index (χ4n) is 1.02. The zero-order valence-corrected chi connectivity index (χ0v) is 8.81. The van der Waals surface area contributed by atoms with Gasteiger partial charge in [-0.05, 0) is 18.2 Å². The molecule has 0 saturated heterocycles. The van der Waals surface area contributed by atoms with Crippen molar-refractivity contribution < 1.29 is 22.7 Å². The number of halogens is 4. The summed E-state index contributed by atoms with van der Waals surface area (Å²) >= 11 is 5.61. The highest BCUT2D eigenvalue weighted by atomic mass is 35.5. The van der Waals surface area contributed by atoms with Crippen molar-refractivity contribution in [2.45, 2.75) is 12.6 Å². The molecule has 0 saturated carbocycles. The molecule has 1 aromatic carbocycles. The Kier molecular flexibility index (Phi) is 4.18. The van der Waals surface area contributed by atoms with E-state index in [2.05, 4.69) is 0 Å². The Bertz CT molecular complexity index is 377. The summed E-state index contributed by atoms with van der Waals surface area (Å²) in [5, 5.41) is 0.324. The van der Waals surface area contributed by atoms with Crippen LogP contribution in [-0.4, -0.2) is 19.1 Å². The number of benzene rings is 1. The first-order chi connectivity index (χ1) is 7.42. The van der Waals surface area contributed by atoms with E-state index in [-0.39, 0.29) is 11.3 Å². The van der Waals surface area contributed by atoms with Crippen molar-refractivity contribution in [1.82, 2.24) is 0 Å². The van der Waals surface area contributed by atoms with Crippen molar-refractivity contribution in [2.75, 3.05) is 6.61 Å². The van der Waals surface area contributed by atoms with Gasteiger partial charge in [0.05, 0.1) is 18.6 Å². The fourth-order valence-corrected chi connectivity index (χ4v) is 1.20. The highest BCUT2D eigenvalue weighted by molar-refractivity contribution is 6.30. The van der Waals surface area contributed by atoms with Crippen molar-refractivity contribution in [3.8, 4) is 5.75 Å². The van der Waals surface area contributed by atoms with Crippen LogP contribution >= 0.6 is 11.6 Å². The van der Waals surface area contributed by atoms with Gasteiger partial charge >= 0.3 is 6.18 Å². The van der Waals surface area contributed by atoms with Crippen LogP contribution in [0.5, 0.6) is 5.75 Å². The Morgan fingerprint density at radius 3 is 2.62 bits per heavy atom. The zero-order valence-electron chi connectivity index (χ0n) is 8.05. The lowest BCUT2D eigenvalue weighted by Crippen LogP contribution is -2.13. The van der Waals surface area contributed by atoms with Gasteiger partial charge in [0.1, 0.15) is 5.75 Å². The van der Waals surface area contributed by atoms with Gasteiger partial charge < -0.3 is 4.74 Å². The van der Waals surface area contributed by atoms with Crippen molar-refractivity contribution in [3.05, 3.63) is 28.8 Å². The number of hydrogen-bond acceptors (Lipinski definition) is 2. The van der Waals surface area contributed by atoms with E-state index in [1.54, 1.807) is 0 Å². The van der Waals surface area contributed by atoms with E-state index in [9.17, 15) is 18.0 Å². The van der Waals surface area contributed by atoms with E-state index in [1.165, 1.54) is 18.2 Å². The molecule has 0 aliphatic heterocycles. The van der Waals surface area contributed by atoms with E-state index < -0.39 is 19.2 Å². The van der Waals surface area contributed by atoms with Crippen molar-refractivity contribution >= 4 is 17.9 Å². The molecule has 0 fully saturated rings. The third-order valence-electron chi connectivity index (χ3n) is 1.74. The summed E-state index contributed by atoms with van der Waals surface area (Å²) in [6.07, 6.45) is -4.85. The highest BCUT2D eigenvalue weighted by Gasteiger charge is 2.26. The molecule has 6 heteroatoms. The summed E-state index contributed by atoms with van der Waals surface area (Å²) in [5.41, 5.74) is 0.134. The summed E-state index contributed by atoms with van der Waals surface area (Å²) in [5.74, 6) is 0.101. The Hall–Kier alpha value is -1.23. The molecule has 0 unspecified atom stereocenters. The molecule has 0 amide bonds. The van der Waals surface area contributed by atoms with Gasteiger partial charge in [0.15, 0.2) is 6.29 Å². The predicted octanol–water partition coefficient (Wildman–Crippen LogP) is 3.48. The van der Waals surface area contributed by atoms with Crippen LogP contribution in [0.25, 0.3) is 0 Å². The molecule has 1 aromatic rings. The maximum Gasteiger partial charge on any atom is 0.392 e. The largest absolute Gasteiger partial charge is 0.492 e. The molecule has 0 bridgehead atoms. The van der Waals surface area contributed by atoms with Crippen LogP contribution in [0, 0.1) is 0 Å². The summed E-state index contributed by atoms with van der Waals surface area (Å²) in [4.78, 5) is 10.6. The van der Waals surface area contributed by atoms with Gasteiger partial charge in [-0.15, -0.1) is 0 Å². The molecule has 1 rings (SSSR count). The van der Waals surface area contributed by atoms with Gasteiger partial charge in [-0.1, -0.05) is 11.6 Å². The molecule has 0 aliphatic rings. The molecule has 0 heterocycles.